The number of methoxy groups -OCH3 is 1. The van der Waals surface area contributed by atoms with Gasteiger partial charge in [0.15, 0.2) is 5.69 Å². The van der Waals surface area contributed by atoms with Crippen molar-refractivity contribution in [2.24, 2.45) is 0 Å². The number of hydrogen-bond donors (Lipinski definition) is 1. The number of rotatable bonds is 3. The minimum absolute atomic E-state index is 0.208. The first-order valence-corrected chi connectivity index (χ1v) is 7.39. The van der Waals surface area contributed by atoms with E-state index in [-0.39, 0.29) is 11.6 Å². The van der Waals surface area contributed by atoms with Gasteiger partial charge in [-0.1, -0.05) is 23.4 Å². The molecule has 24 heavy (non-hydrogen) atoms. The second kappa shape index (κ2) is 5.42. The van der Waals surface area contributed by atoms with Crippen LogP contribution in [-0.2, 0) is 0 Å². The molecule has 1 N–H and O–H groups in total. The topological polar surface area (TPSA) is 77.5 Å². The van der Waals surface area contributed by atoms with Crippen molar-refractivity contribution < 1.29 is 18.5 Å². The highest BCUT2D eigenvalue weighted by Gasteiger charge is 2.16. The van der Waals surface area contributed by atoms with Gasteiger partial charge in [0.2, 0.25) is 0 Å². The van der Waals surface area contributed by atoms with E-state index < -0.39 is 0 Å². The van der Waals surface area contributed by atoms with Gasteiger partial charge in [0.25, 0.3) is 5.91 Å². The third-order valence-corrected chi connectivity index (χ3v) is 3.81. The summed E-state index contributed by atoms with van der Waals surface area (Å²) in [6.07, 6.45) is 0. The Hall–Kier alpha value is -3.28. The zero-order chi connectivity index (χ0) is 16.7. The number of nitrogens with one attached hydrogen (secondary N) is 1. The fraction of sp³-hybridized carbons (Fsp3) is 0.111. The van der Waals surface area contributed by atoms with Crippen molar-refractivity contribution in [1.29, 1.82) is 0 Å². The number of furan rings is 1. The molecule has 4 rings (SSSR count). The third-order valence-electron chi connectivity index (χ3n) is 3.81. The van der Waals surface area contributed by atoms with Gasteiger partial charge in [-0.2, -0.15) is 0 Å². The molecule has 120 valence electrons. The standard InChI is InChI=1S/C18H14N2O4/c1-10-7-14(20-24-10)18(21)19-13-9-16-12(8-17(13)22-2)11-5-3-4-6-15(11)23-16/h3-9H,1-2H3,(H,19,21). The van der Waals surface area contributed by atoms with Gasteiger partial charge in [0.1, 0.15) is 22.7 Å². The van der Waals surface area contributed by atoms with Crippen LogP contribution in [0, 0.1) is 6.92 Å². The van der Waals surface area contributed by atoms with Gasteiger partial charge < -0.3 is 19.0 Å². The highest BCUT2D eigenvalue weighted by molar-refractivity contribution is 6.09. The molecule has 2 aromatic carbocycles. The molecule has 0 unspecified atom stereocenters. The first-order chi connectivity index (χ1) is 11.7. The molecule has 6 heteroatoms. The van der Waals surface area contributed by atoms with E-state index in [2.05, 4.69) is 10.5 Å². The van der Waals surface area contributed by atoms with Crippen LogP contribution in [0.4, 0.5) is 5.69 Å². The Morgan fingerprint density at radius 1 is 1.12 bits per heavy atom. The van der Waals surface area contributed by atoms with Gasteiger partial charge in [-0.3, -0.25) is 4.79 Å². The van der Waals surface area contributed by atoms with Crippen molar-refractivity contribution in [3.8, 4) is 5.75 Å². The van der Waals surface area contributed by atoms with E-state index in [1.807, 2.05) is 30.3 Å². The summed E-state index contributed by atoms with van der Waals surface area (Å²) in [7, 11) is 1.55. The molecule has 0 aliphatic carbocycles. The number of hydrogen-bond acceptors (Lipinski definition) is 5. The summed E-state index contributed by atoms with van der Waals surface area (Å²) in [5, 5.41) is 8.42. The van der Waals surface area contributed by atoms with E-state index >= 15 is 0 Å². The molecule has 4 aromatic rings. The van der Waals surface area contributed by atoms with Crippen molar-refractivity contribution in [1.82, 2.24) is 5.16 Å². The lowest BCUT2D eigenvalue weighted by Gasteiger charge is -2.09. The number of fused-ring (bicyclic) bond motifs is 3. The first-order valence-electron chi connectivity index (χ1n) is 7.39. The molecule has 0 bridgehead atoms. The Labute approximate surface area is 137 Å². The molecule has 0 aliphatic heterocycles. The van der Waals surface area contributed by atoms with Crippen LogP contribution in [-0.4, -0.2) is 18.2 Å². The lowest BCUT2D eigenvalue weighted by molar-refractivity contribution is 0.101. The zero-order valence-corrected chi connectivity index (χ0v) is 13.1. The smallest absolute Gasteiger partial charge is 0.277 e. The van der Waals surface area contributed by atoms with Crippen molar-refractivity contribution in [2.45, 2.75) is 6.92 Å². The Balaban J connectivity index is 1.79. The number of anilines is 1. The normalized spacial score (nSPS) is 11.1. The fourth-order valence-corrected chi connectivity index (χ4v) is 2.68. The lowest BCUT2D eigenvalue weighted by Crippen LogP contribution is -2.12. The van der Waals surface area contributed by atoms with Crippen LogP contribution in [0.3, 0.4) is 0 Å². The van der Waals surface area contributed by atoms with Crippen molar-refractivity contribution >= 4 is 33.5 Å². The van der Waals surface area contributed by atoms with Crippen LogP contribution in [0.1, 0.15) is 16.2 Å². The number of ether oxygens (including phenoxy) is 1. The Morgan fingerprint density at radius 3 is 2.71 bits per heavy atom. The van der Waals surface area contributed by atoms with Crippen molar-refractivity contribution in [2.75, 3.05) is 12.4 Å². The summed E-state index contributed by atoms with van der Waals surface area (Å²) in [6, 6.07) is 12.9. The summed E-state index contributed by atoms with van der Waals surface area (Å²) in [6.45, 7) is 1.73. The number of aromatic nitrogens is 1. The highest BCUT2D eigenvalue weighted by Crippen LogP contribution is 2.36. The average molecular weight is 322 g/mol. The van der Waals surface area contributed by atoms with Gasteiger partial charge >= 0.3 is 0 Å². The lowest BCUT2D eigenvalue weighted by atomic mass is 10.1. The highest BCUT2D eigenvalue weighted by atomic mass is 16.5. The predicted octanol–water partition coefficient (Wildman–Crippen LogP) is 4.14. The number of carbonyl (C=O) groups excluding carboxylic acids is 1. The van der Waals surface area contributed by atoms with Gasteiger partial charge in [0.05, 0.1) is 12.8 Å². The molecule has 0 atom stereocenters. The average Bonchev–Trinajstić information content (AvgIpc) is 3.17. The van der Waals surface area contributed by atoms with E-state index in [1.54, 1.807) is 26.2 Å². The Bertz CT molecular complexity index is 1060. The van der Waals surface area contributed by atoms with Gasteiger partial charge in [-0.25, -0.2) is 0 Å². The van der Waals surface area contributed by atoms with E-state index in [0.29, 0.717) is 22.8 Å². The largest absolute Gasteiger partial charge is 0.495 e. The molecule has 0 fully saturated rings. The number of aryl methyl sites for hydroxylation is 1. The SMILES string of the molecule is COc1cc2c(cc1NC(=O)c1cc(C)on1)oc1ccccc12. The van der Waals surface area contributed by atoms with Crippen LogP contribution < -0.4 is 10.1 Å². The molecule has 0 aliphatic rings. The number of para-hydroxylation sites is 1. The monoisotopic (exact) mass is 322 g/mol. The van der Waals surface area contributed by atoms with Gasteiger partial charge in [0, 0.05) is 22.9 Å². The van der Waals surface area contributed by atoms with E-state index in [0.717, 1.165) is 16.4 Å². The number of carbonyl (C=O) groups is 1. The second-order valence-electron chi connectivity index (χ2n) is 5.42. The number of amides is 1. The number of benzene rings is 2. The maximum atomic E-state index is 12.3. The van der Waals surface area contributed by atoms with E-state index in [1.165, 1.54) is 0 Å². The molecule has 0 radical (unpaired) electrons. The molecule has 0 saturated heterocycles. The quantitative estimate of drug-likeness (QED) is 0.613. The number of nitrogens with zero attached hydrogens (tertiary/aromatic N) is 1. The van der Waals surface area contributed by atoms with Gasteiger partial charge in [-0.15, -0.1) is 0 Å². The summed E-state index contributed by atoms with van der Waals surface area (Å²) in [5.74, 6) is 0.739. The summed E-state index contributed by atoms with van der Waals surface area (Å²) < 4.78 is 16.2. The van der Waals surface area contributed by atoms with E-state index in [4.69, 9.17) is 13.7 Å². The van der Waals surface area contributed by atoms with Crippen molar-refractivity contribution in [3.05, 3.63) is 53.9 Å². The van der Waals surface area contributed by atoms with Gasteiger partial charge in [-0.05, 0) is 19.1 Å². The second-order valence-corrected chi connectivity index (χ2v) is 5.42. The molecule has 0 saturated carbocycles. The third kappa shape index (κ3) is 2.28. The van der Waals surface area contributed by atoms with Crippen LogP contribution in [0.25, 0.3) is 21.9 Å². The maximum absolute atomic E-state index is 12.3. The molecule has 1 amide bonds. The summed E-state index contributed by atoms with van der Waals surface area (Å²) in [5.41, 5.74) is 2.17. The molecular weight excluding hydrogens is 308 g/mol. The van der Waals surface area contributed by atoms with Crippen LogP contribution in [0.2, 0.25) is 0 Å². The zero-order valence-electron chi connectivity index (χ0n) is 13.1. The summed E-state index contributed by atoms with van der Waals surface area (Å²) >= 11 is 0. The molecule has 2 aromatic heterocycles. The first kappa shape index (κ1) is 14.3. The van der Waals surface area contributed by atoms with Crippen LogP contribution in [0.5, 0.6) is 5.75 Å². The Kier molecular flexibility index (Phi) is 3.23. The molecule has 6 nitrogen and oxygen atoms in total. The molecular formula is C18H14N2O4. The van der Waals surface area contributed by atoms with Crippen LogP contribution >= 0.6 is 0 Å². The van der Waals surface area contributed by atoms with Crippen LogP contribution in [0.15, 0.2) is 51.4 Å². The minimum atomic E-state index is -0.374. The predicted molar refractivity (Wildman–Crippen MR) is 89.5 cm³/mol. The molecule has 2 heterocycles. The van der Waals surface area contributed by atoms with E-state index in [9.17, 15) is 4.79 Å². The van der Waals surface area contributed by atoms with Crippen molar-refractivity contribution in [3.63, 3.8) is 0 Å². The maximum Gasteiger partial charge on any atom is 0.277 e. The Morgan fingerprint density at radius 2 is 1.96 bits per heavy atom. The minimum Gasteiger partial charge on any atom is -0.495 e. The summed E-state index contributed by atoms with van der Waals surface area (Å²) in [4.78, 5) is 12.3. The fourth-order valence-electron chi connectivity index (χ4n) is 2.68. The molecule has 0 spiro atoms.